The topological polar surface area (TPSA) is 56.7 Å². The van der Waals surface area contributed by atoms with Crippen LogP contribution in [0.3, 0.4) is 0 Å². The molecule has 0 aliphatic heterocycles. The molecule has 0 aromatic carbocycles. The zero-order chi connectivity index (χ0) is 14.3. The van der Waals surface area contributed by atoms with Gasteiger partial charge in [-0.2, -0.15) is 0 Å². The van der Waals surface area contributed by atoms with Crippen LogP contribution < -0.4 is 10.6 Å². The summed E-state index contributed by atoms with van der Waals surface area (Å²) in [4.78, 5) is 18.3. The van der Waals surface area contributed by atoms with E-state index in [9.17, 15) is 4.79 Å². The molecule has 5 nitrogen and oxygen atoms in total. The lowest BCUT2D eigenvalue weighted by Gasteiger charge is -2.31. The van der Waals surface area contributed by atoms with E-state index in [0.29, 0.717) is 6.54 Å². The van der Waals surface area contributed by atoms with Gasteiger partial charge in [0.15, 0.2) is 5.96 Å². The van der Waals surface area contributed by atoms with Gasteiger partial charge in [0.05, 0.1) is 5.41 Å². The van der Waals surface area contributed by atoms with E-state index < -0.39 is 0 Å². The van der Waals surface area contributed by atoms with E-state index in [4.69, 9.17) is 0 Å². The molecule has 1 aliphatic carbocycles. The van der Waals surface area contributed by atoms with E-state index >= 15 is 0 Å². The Morgan fingerprint density at radius 2 is 1.89 bits per heavy atom. The molecule has 0 radical (unpaired) electrons. The summed E-state index contributed by atoms with van der Waals surface area (Å²) in [5, 5.41) is 6.56. The molecule has 1 aliphatic rings. The summed E-state index contributed by atoms with van der Waals surface area (Å²) < 4.78 is 0. The van der Waals surface area contributed by atoms with Crippen molar-refractivity contribution in [3.63, 3.8) is 0 Å². The van der Waals surface area contributed by atoms with Crippen molar-refractivity contribution in [1.82, 2.24) is 15.5 Å². The molecule has 1 saturated carbocycles. The minimum absolute atomic E-state index is 0.239. The Labute approximate surface area is 116 Å². The van der Waals surface area contributed by atoms with Gasteiger partial charge in [0.1, 0.15) is 0 Å². The van der Waals surface area contributed by atoms with Crippen LogP contribution in [0.25, 0.3) is 0 Å². The first-order chi connectivity index (χ1) is 9.05. The Morgan fingerprint density at radius 3 is 2.37 bits per heavy atom. The average molecular weight is 268 g/mol. The third kappa shape index (κ3) is 4.11. The van der Waals surface area contributed by atoms with Gasteiger partial charge < -0.3 is 15.5 Å². The maximum atomic E-state index is 12.4. The summed E-state index contributed by atoms with van der Waals surface area (Å²) in [7, 11) is 5.44. The van der Waals surface area contributed by atoms with Gasteiger partial charge in [0.25, 0.3) is 0 Å². The molecule has 1 amide bonds. The highest BCUT2D eigenvalue weighted by atomic mass is 16.2. The molecular weight excluding hydrogens is 240 g/mol. The quantitative estimate of drug-likeness (QED) is 0.582. The summed E-state index contributed by atoms with van der Waals surface area (Å²) >= 11 is 0. The fraction of sp³-hybridized carbons (Fsp3) is 0.857. The van der Waals surface area contributed by atoms with E-state index in [0.717, 1.165) is 44.6 Å². The minimum Gasteiger partial charge on any atom is -0.356 e. The number of nitrogens with zero attached hydrogens (tertiary/aromatic N) is 2. The molecule has 0 aromatic heterocycles. The van der Waals surface area contributed by atoms with Crippen LogP contribution in [0.5, 0.6) is 0 Å². The Balaban J connectivity index is 2.62. The monoisotopic (exact) mass is 268 g/mol. The number of rotatable bonds is 5. The van der Waals surface area contributed by atoms with Gasteiger partial charge in [-0.3, -0.25) is 9.79 Å². The van der Waals surface area contributed by atoms with Gasteiger partial charge in [0, 0.05) is 34.2 Å². The van der Waals surface area contributed by atoms with E-state index in [2.05, 4.69) is 22.5 Å². The minimum atomic E-state index is -0.243. The second-order valence-electron chi connectivity index (χ2n) is 5.54. The lowest BCUT2D eigenvalue weighted by atomic mass is 9.84. The number of carbonyl (C=O) groups is 1. The zero-order valence-electron chi connectivity index (χ0n) is 12.8. The standard InChI is InChI=1S/C14H28N4O/c1-5-10-16-13(15-2)17-11-14(8-6-7-9-14)12(19)18(3)4/h5-11H2,1-4H3,(H2,15,16,17). The molecule has 0 aromatic rings. The van der Waals surface area contributed by atoms with Crippen molar-refractivity contribution in [3.05, 3.63) is 0 Å². The van der Waals surface area contributed by atoms with Crippen LogP contribution in [0.1, 0.15) is 39.0 Å². The SMILES string of the molecule is CCCNC(=NC)NCC1(C(=O)N(C)C)CCCC1. The van der Waals surface area contributed by atoms with Crippen LogP contribution in [0.15, 0.2) is 4.99 Å². The third-order valence-electron chi connectivity index (χ3n) is 3.78. The van der Waals surface area contributed by atoms with Crippen molar-refractivity contribution in [3.8, 4) is 0 Å². The van der Waals surface area contributed by atoms with Crippen molar-refractivity contribution >= 4 is 11.9 Å². The molecule has 0 unspecified atom stereocenters. The van der Waals surface area contributed by atoms with Crippen molar-refractivity contribution in [1.29, 1.82) is 0 Å². The van der Waals surface area contributed by atoms with E-state index in [1.54, 1.807) is 11.9 Å². The van der Waals surface area contributed by atoms with Gasteiger partial charge in [-0.25, -0.2) is 0 Å². The molecule has 19 heavy (non-hydrogen) atoms. The molecule has 2 N–H and O–H groups in total. The van der Waals surface area contributed by atoms with E-state index in [1.165, 1.54) is 0 Å². The Hall–Kier alpha value is -1.26. The molecule has 110 valence electrons. The summed E-state index contributed by atoms with van der Waals surface area (Å²) in [6, 6.07) is 0. The zero-order valence-corrected chi connectivity index (χ0v) is 12.8. The average Bonchev–Trinajstić information content (AvgIpc) is 2.88. The molecule has 1 fully saturated rings. The fourth-order valence-corrected chi connectivity index (χ4v) is 2.71. The van der Waals surface area contributed by atoms with Crippen molar-refractivity contribution in [2.45, 2.75) is 39.0 Å². The molecule has 1 rings (SSSR count). The normalized spacial score (nSPS) is 18.2. The third-order valence-corrected chi connectivity index (χ3v) is 3.78. The molecule has 0 bridgehead atoms. The van der Waals surface area contributed by atoms with Gasteiger partial charge in [-0.15, -0.1) is 0 Å². The first kappa shape index (κ1) is 15.8. The smallest absolute Gasteiger partial charge is 0.230 e. The second-order valence-corrected chi connectivity index (χ2v) is 5.54. The molecule has 0 saturated heterocycles. The molecule has 0 spiro atoms. The lowest BCUT2D eigenvalue weighted by Crippen LogP contribution is -2.49. The van der Waals surface area contributed by atoms with Gasteiger partial charge >= 0.3 is 0 Å². The number of hydrogen-bond donors (Lipinski definition) is 2. The number of amides is 1. The summed E-state index contributed by atoms with van der Waals surface area (Å²) in [6.07, 6.45) is 5.29. The van der Waals surface area contributed by atoms with Crippen LogP contribution in [-0.4, -0.2) is 51.0 Å². The number of nitrogens with one attached hydrogen (secondary N) is 2. The number of carbonyl (C=O) groups excluding carboxylic acids is 1. The first-order valence-electron chi connectivity index (χ1n) is 7.22. The van der Waals surface area contributed by atoms with E-state index in [1.807, 2.05) is 14.1 Å². The highest BCUT2D eigenvalue weighted by molar-refractivity contribution is 5.85. The molecule has 5 heteroatoms. The van der Waals surface area contributed by atoms with Crippen LogP contribution in [0.4, 0.5) is 0 Å². The molecule has 0 heterocycles. The fourth-order valence-electron chi connectivity index (χ4n) is 2.71. The Bertz CT molecular complexity index is 319. The maximum absolute atomic E-state index is 12.4. The van der Waals surface area contributed by atoms with Crippen LogP contribution in [0, 0.1) is 5.41 Å². The highest BCUT2D eigenvalue weighted by Crippen LogP contribution is 2.38. The van der Waals surface area contributed by atoms with Crippen LogP contribution in [-0.2, 0) is 4.79 Å². The number of guanidine groups is 1. The predicted octanol–water partition coefficient (Wildman–Crippen LogP) is 1.21. The van der Waals surface area contributed by atoms with Gasteiger partial charge in [0.2, 0.25) is 5.91 Å². The van der Waals surface area contributed by atoms with Crippen molar-refractivity contribution in [2.24, 2.45) is 10.4 Å². The van der Waals surface area contributed by atoms with E-state index in [-0.39, 0.29) is 11.3 Å². The van der Waals surface area contributed by atoms with Crippen LogP contribution >= 0.6 is 0 Å². The van der Waals surface area contributed by atoms with Gasteiger partial charge in [-0.1, -0.05) is 19.8 Å². The van der Waals surface area contributed by atoms with Crippen molar-refractivity contribution < 1.29 is 4.79 Å². The second kappa shape index (κ2) is 7.36. The lowest BCUT2D eigenvalue weighted by molar-refractivity contribution is -0.138. The highest BCUT2D eigenvalue weighted by Gasteiger charge is 2.41. The summed E-state index contributed by atoms with van der Waals surface area (Å²) in [5.74, 6) is 1.03. The Morgan fingerprint density at radius 1 is 1.26 bits per heavy atom. The van der Waals surface area contributed by atoms with Crippen LogP contribution in [0.2, 0.25) is 0 Å². The van der Waals surface area contributed by atoms with Crippen molar-refractivity contribution in [2.75, 3.05) is 34.2 Å². The van der Waals surface area contributed by atoms with Gasteiger partial charge in [-0.05, 0) is 19.3 Å². The Kier molecular flexibility index (Phi) is 6.12. The molecular formula is C14H28N4O. The summed E-state index contributed by atoms with van der Waals surface area (Å²) in [5.41, 5.74) is -0.243. The number of aliphatic imine (C=N–C) groups is 1. The predicted molar refractivity (Wildman–Crippen MR) is 79.3 cm³/mol. The summed E-state index contributed by atoms with van der Waals surface area (Å²) in [6.45, 7) is 3.69. The maximum Gasteiger partial charge on any atom is 0.230 e. The number of hydrogen-bond acceptors (Lipinski definition) is 2. The largest absolute Gasteiger partial charge is 0.356 e. The molecule has 0 atom stereocenters. The first-order valence-corrected chi connectivity index (χ1v) is 7.22.